The van der Waals surface area contributed by atoms with Gasteiger partial charge in [0.2, 0.25) is 5.91 Å². The minimum atomic E-state index is -0.422. The second kappa shape index (κ2) is 9.98. The fourth-order valence-corrected chi connectivity index (χ4v) is 4.65. The lowest BCUT2D eigenvalue weighted by molar-refractivity contribution is -0.122. The van der Waals surface area contributed by atoms with Crippen LogP contribution in [0.2, 0.25) is 0 Å². The number of carbonyl (C=O) groups excluding carboxylic acids is 4. The van der Waals surface area contributed by atoms with E-state index in [-0.39, 0.29) is 36.1 Å². The van der Waals surface area contributed by atoms with E-state index in [1.165, 1.54) is 4.90 Å². The third-order valence-electron chi connectivity index (χ3n) is 6.34. The minimum Gasteiger partial charge on any atom is -0.462 e. The number of esters is 1. The molecule has 3 amide bonds. The molecule has 0 aromatic heterocycles. The molecule has 2 atom stereocenters. The number of nitrogens with one attached hydrogen (secondary N) is 1. The zero-order chi connectivity index (χ0) is 23.4. The Bertz CT molecular complexity index is 1040. The van der Waals surface area contributed by atoms with Crippen LogP contribution in [0, 0.1) is 11.8 Å². The predicted molar refractivity (Wildman–Crippen MR) is 123 cm³/mol. The van der Waals surface area contributed by atoms with E-state index >= 15 is 0 Å². The van der Waals surface area contributed by atoms with E-state index < -0.39 is 5.97 Å². The van der Waals surface area contributed by atoms with Crippen molar-refractivity contribution < 1.29 is 23.9 Å². The Morgan fingerprint density at radius 1 is 1.00 bits per heavy atom. The van der Waals surface area contributed by atoms with Crippen molar-refractivity contribution in [2.24, 2.45) is 11.8 Å². The van der Waals surface area contributed by atoms with Gasteiger partial charge in [0.25, 0.3) is 11.8 Å². The second-order valence-electron chi connectivity index (χ2n) is 8.62. The average molecular weight is 449 g/mol. The maximum Gasteiger partial charge on any atom is 0.338 e. The number of rotatable bonds is 7. The fraction of sp³-hybridized carbons (Fsp3) is 0.385. The normalized spacial score (nSPS) is 19.8. The van der Waals surface area contributed by atoms with Crippen molar-refractivity contribution in [3.05, 3.63) is 65.2 Å². The summed E-state index contributed by atoms with van der Waals surface area (Å²) in [6, 6.07) is 13.5. The van der Waals surface area contributed by atoms with Crippen molar-refractivity contribution in [1.29, 1.82) is 0 Å². The molecule has 33 heavy (non-hydrogen) atoms. The van der Waals surface area contributed by atoms with Crippen LogP contribution in [0.5, 0.6) is 0 Å². The van der Waals surface area contributed by atoms with Gasteiger partial charge in [0, 0.05) is 18.2 Å². The summed E-state index contributed by atoms with van der Waals surface area (Å²) >= 11 is 0. The SMILES string of the molecule is CCCOC(=O)c1cccc(NC(=O)C2CCCCC2CN2C(=O)c3ccccc3C2=O)c1. The van der Waals surface area contributed by atoms with Crippen LogP contribution in [0.15, 0.2) is 48.5 Å². The predicted octanol–water partition coefficient (Wildman–Crippen LogP) is 4.29. The molecule has 0 spiro atoms. The molecule has 0 radical (unpaired) electrons. The fourth-order valence-electron chi connectivity index (χ4n) is 4.65. The molecule has 2 unspecified atom stereocenters. The summed E-state index contributed by atoms with van der Waals surface area (Å²) in [5.41, 5.74) is 1.75. The van der Waals surface area contributed by atoms with Gasteiger partial charge in [0.15, 0.2) is 0 Å². The molecule has 0 saturated heterocycles. The molecule has 172 valence electrons. The number of ether oxygens (including phenoxy) is 1. The Kier molecular flexibility index (Phi) is 6.87. The average Bonchev–Trinajstić information content (AvgIpc) is 3.08. The third-order valence-corrected chi connectivity index (χ3v) is 6.34. The summed E-state index contributed by atoms with van der Waals surface area (Å²) in [5, 5.41) is 2.92. The van der Waals surface area contributed by atoms with Crippen LogP contribution in [0.1, 0.15) is 70.1 Å². The molecule has 1 aliphatic heterocycles. The van der Waals surface area contributed by atoms with Gasteiger partial charge < -0.3 is 10.1 Å². The smallest absolute Gasteiger partial charge is 0.338 e. The van der Waals surface area contributed by atoms with E-state index in [0.29, 0.717) is 35.4 Å². The van der Waals surface area contributed by atoms with Crippen LogP contribution in [0.25, 0.3) is 0 Å². The Hall–Kier alpha value is -3.48. The number of anilines is 1. The number of nitrogens with zero attached hydrogens (tertiary/aromatic N) is 1. The zero-order valence-corrected chi connectivity index (χ0v) is 18.7. The summed E-state index contributed by atoms with van der Waals surface area (Å²) in [4.78, 5) is 52.2. The van der Waals surface area contributed by atoms with E-state index in [2.05, 4.69) is 5.32 Å². The summed E-state index contributed by atoms with van der Waals surface area (Å²) < 4.78 is 5.17. The van der Waals surface area contributed by atoms with Crippen LogP contribution in [-0.4, -0.2) is 41.7 Å². The van der Waals surface area contributed by atoms with Crippen LogP contribution in [0.4, 0.5) is 5.69 Å². The van der Waals surface area contributed by atoms with Crippen molar-refractivity contribution in [1.82, 2.24) is 4.90 Å². The number of benzene rings is 2. The van der Waals surface area contributed by atoms with Crippen LogP contribution in [0.3, 0.4) is 0 Å². The molecule has 1 fully saturated rings. The van der Waals surface area contributed by atoms with Gasteiger partial charge in [-0.25, -0.2) is 4.79 Å². The number of fused-ring (bicyclic) bond motifs is 1. The van der Waals surface area contributed by atoms with Crippen molar-refractivity contribution in [3.63, 3.8) is 0 Å². The Balaban J connectivity index is 1.45. The minimum absolute atomic E-state index is 0.112. The number of imide groups is 1. The lowest BCUT2D eigenvalue weighted by Crippen LogP contribution is -2.41. The molecule has 7 nitrogen and oxygen atoms in total. The van der Waals surface area contributed by atoms with E-state index in [1.54, 1.807) is 48.5 Å². The molecule has 1 saturated carbocycles. The first-order valence-electron chi connectivity index (χ1n) is 11.5. The van der Waals surface area contributed by atoms with Crippen molar-refractivity contribution in [2.45, 2.75) is 39.0 Å². The first-order valence-corrected chi connectivity index (χ1v) is 11.5. The number of hydrogen-bond donors (Lipinski definition) is 1. The monoisotopic (exact) mass is 448 g/mol. The molecular weight excluding hydrogens is 420 g/mol. The molecule has 1 N–H and O–H groups in total. The summed E-state index contributed by atoms with van der Waals surface area (Å²) in [6.07, 6.45) is 4.07. The summed E-state index contributed by atoms with van der Waals surface area (Å²) in [6.45, 7) is 2.50. The van der Waals surface area contributed by atoms with Gasteiger partial charge in [-0.2, -0.15) is 0 Å². The van der Waals surface area contributed by atoms with Crippen LogP contribution < -0.4 is 5.32 Å². The topological polar surface area (TPSA) is 92.8 Å². The van der Waals surface area contributed by atoms with Crippen molar-refractivity contribution in [2.75, 3.05) is 18.5 Å². The highest BCUT2D eigenvalue weighted by Crippen LogP contribution is 2.34. The highest BCUT2D eigenvalue weighted by Gasteiger charge is 2.40. The van der Waals surface area contributed by atoms with E-state index in [4.69, 9.17) is 4.74 Å². The molecule has 2 aromatic carbocycles. The van der Waals surface area contributed by atoms with E-state index in [9.17, 15) is 19.2 Å². The molecule has 1 aliphatic carbocycles. The first-order chi connectivity index (χ1) is 16.0. The van der Waals surface area contributed by atoms with Crippen molar-refractivity contribution in [3.8, 4) is 0 Å². The van der Waals surface area contributed by atoms with Gasteiger partial charge in [-0.1, -0.05) is 38.0 Å². The Morgan fingerprint density at radius 2 is 1.70 bits per heavy atom. The van der Waals surface area contributed by atoms with Gasteiger partial charge in [0.05, 0.1) is 23.3 Å². The van der Waals surface area contributed by atoms with Gasteiger partial charge in [-0.05, 0) is 55.5 Å². The lowest BCUT2D eigenvalue weighted by Gasteiger charge is -2.32. The Morgan fingerprint density at radius 3 is 2.39 bits per heavy atom. The highest BCUT2D eigenvalue weighted by atomic mass is 16.5. The number of carbonyl (C=O) groups is 4. The first kappa shape index (κ1) is 22.7. The van der Waals surface area contributed by atoms with Crippen LogP contribution in [-0.2, 0) is 9.53 Å². The van der Waals surface area contributed by atoms with Gasteiger partial charge in [-0.3, -0.25) is 19.3 Å². The quantitative estimate of drug-likeness (QED) is 0.504. The number of amides is 3. The second-order valence-corrected chi connectivity index (χ2v) is 8.62. The van der Waals surface area contributed by atoms with E-state index in [0.717, 1.165) is 25.7 Å². The molecule has 4 rings (SSSR count). The van der Waals surface area contributed by atoms with Gasteiger partial charge in [0.1, 0.15) is 0 Å². The van der Waals surface area contributed by atoms with E-state index in [1.807, 2.05) is 6.92 Å². The molecule has 2 aromatic rings. The third kappa shape index (κ3) is 4.82. The van der Waals surface area contributed by atoms with Gasteiger partial charge in [-0.15, -0.1) is 0 Å². The number of hydrogen-bond acceptors (Lipinski definition) is 5. The molecular formula is C26H28N2O5. The van der Waals surface area contributed by atoms with Crippen molar-refractivity contribution >= 4 is 29.4 Å². The van der Waals surface area contributed by atoms with Gasteiger partial charge >= 0.3 is 5.97 Å². The molecule has 2 aliphatic rings. The standard InChI is InChI=1S/C26H28N2O5/c1-2-14-33-26(32)17-9-7-10-19(15-17)27-23(29)20-11-4-3-8-18(20)16-28-24(30)21-12-5-6-13-22(21)25(28)31/h5-7,9-10,12-13,15,18,20H,2-4,8,11,14,16H2,1H3,(H,27,29). The lowest BCUT2D eigenvalue weighted by atomic mass is 9.78. The van der Waals surface area contributed by atoms with Crippen LogP contribution >= 0.6 is 0 Å². The Labute approximate surface area is 193 Å². The maximum absolute atomic E-state index is 13.2. The zero-order valence-electron chi connectivity index (χ0n) is 18.7. The highest BCUT2D eigenvalue weighted by molar-refractivity contribution is 6.21. The summed E-state index contributed by atoms with van der Waals surface area (Å²) in [5.74, 6) is -1.60. The largest absolute Gasteiger partial charge is 0.462 e. The molecule has 7 heteroatoms. The summed E-state index contributed by atoms with van der Waals surface area (Å²) in [7, 11) is 0. The molecule has 0 bridgehead atoms. The maximum atomic E-state index is 13.2. The molecule has 1 heterocycles.